The van der Waals surface area contributed by atoms with Gasteiger partial charge in [-0.3, -0.25) is 19.2 Å². The largest absolute Gasteiger partial charge is 0.493 e. The molecular weight excluding hydrogens is 484 g/mol. The number of aryl methyl sites for hydroxylation is 1. The van der Waals surface area contributed by atoms with Gasteiger partial charge in [-0.25, -0.2) is 0 Å². The minimum atomic E-state index is -0.625. The van der Waals surface area contributed by atoms with Crippen molar-refractivity contribution in [3.05, 3.63) is 47.0 Å². The fourth-order valence-corrected chi connectivity index (χ4v) is 4.11. The highest BCUT2D eigenvalue weighted by atomic mass is 16.6. The van der Waals surface area contributed by atoms with Gasteiger partial charge in [0.1, 0.15) is 12.7 Å². The van der Waals surface area contributed by atoms with E-state index in [0.29, 0.717) is 35.5 Å². The van der Waals surface area contributed by atoms with Gasteiger partial charge in [-0.05, 0) is 42.2 Å². The van der Waals surface area contributed by atoms with Crippen LogP contribution in [0.2, 0.25) is 0 Å². The van der Waals surface area contributed by atoms with Gasteiger partial charge in [-0.15, -0.1) is 0 Å². The third-order valence-electron chi connectivity index (χ3n) is 5.56. The third-order valence-corrected chi connectivity index (χ3v) is 5.56. The molecule has 1 heterocycles. The van der Waals surface area contributed by atoms with Crippen LogP contribution in [0.15, 0.2) is 30.3 Å². The van der Waals surface area contributed by atoms with E-state index in [9.17, 15) is 19.2 Å². The zero-order valence-electron chi connectivity index (χ0n) is 21.5. The maximum absolute atomic E-state index is 11.9. The van der Waals surface area contributed by atoms with Gasteiger partial charge in [-0.1, -0.05) is 12.1 Å². The molecule has 2 aromatic rings. The summed E-state index contributed by atoms with van der Waals surface area (Å²) in [6.45, 7) is 5.51. The molecule has 0 saturated carbocycles. The van der Waals surface area contributed by atoms with Crippen LogP contribution in [0.5, 0.6) is 23.0 Å². The lowest BCUT2D eigenvalue weighted by Crippen LogP contribution is -2.17. The number of fused-ring (bicyclic) bond motifs is 1. The second-order valence-electron chi connectivity index (χ2n) is 8.50. The topological polar surface area (TPSA) is 124 Å². The molecule has 0 aromatic heterocycles. The van der Waals surface area contributed by atoms with Crippen molar-refractivity contribution in [2.45, 2.75) is 52.6 Å². The third kappa shape index (κ3) is 7.22. The highest BCUT2D eigenvalue weighted by molar-refractivity contribution is 5.72. The minimum Gasteiger partial charge on any atom is -0.493 e. The SMILES string of the molecule is COc1cc(C2Oc3c(OC(C)=O)cc(CCCOC(C)=O)cc3C2COC(C)=O)ccc1OC(C)=O. The van der Waals surface area contributed by atoms with Crippen molar-refractivity contribution in [2.24, 2.45) is 0 Å². The van der Waals surface area contributed by atoms with E-state index in [2.05, 4.69) is 0 Å². The smallest absolute Gasteiger partial charge is 0.308 e. The lowest BCUT2D eigenvalue weighted by molar-refractivity contribution is -0.142. The highest BCUT2D eigenvalue weighted by Gasteiger charge is 2.39. The van der Waals surface area contributed by atoms with Gasteiger partial charge in [0.15, 0.2) is 23.0 Å². The van der Waals surface area contributed by atoms with E-state index in [4.69, 9.17) is 28.4 Å². The molecule has 0 spiro atoms. The van der Waals surface area contributed by atoms with Gasteiger partial charge in [0, 0.05) is 33.3 Å². The predicted molar refractivity (Wildman–Crippen MR) is 130 cm³/mol. The van der Waals surface area contributed by atoms with Crippen molar-refractivity contribution >= 4 is 23.9 Å². The molecule has 0 fully saturated rings. The first kappa shape index (κ1) is 27.5. The molecular formula is C27H30O10. The molecule has 0 radical (unpaired) electrons. The number of rotatable bonds is 10. The van der Waals surface area contributed by atoms with Gasteiger partial charge in [0.05, 0.1) is 19.6 Å². The molecule has 10 nitrogen and oxygen atoms in total. The summed E-state index contributed by atoms with van der Waals surface area (Å²) in [5.41, 5.74) is 2.21. The fourth-order valence-electron chi connectivity index (χ4n) is 4.11. The van der Waals surface area contributed by atoms with Gasteiger partial charge in [-0.2, -0.15) is 0 Å². The maximum Gasteiger partial charge on any atom is 0.308 e. The molecule has 1 aliphatic rings. The van der Waals surface area contributed by atoms with Crippen LogP contribution >= 0.6 is 0 Å². The van der Waals surface area contributed by atoms with Gasteiger partial charge >= 0.3 is 23.9 Å². The minimum absolute atomic E-state index is 0.0113. The Morgan fingerprint density at radius 2 is 1.49 bits per heavy atom. The summed E-state index contributed by atoms with van der Waals surface area (Å²) in [5, 5.41) is 0. The molecule has 0 N–H and O–H groups in total. The van der Waals surface area contributed by atoms with E-state index < -0.39 is 29.9 Å². The monoisotopic (exact) mass is 514 g/mol. The first-order valence-electron chi connectivity index (χ1n) is 11.7. The Morgan fingerprint density at radius 1 is 0.811 bits per heavy atom. The number of hydrogen-bond donors (Lipinski definition) is 0. The first-order chi connectivity index (χ1) is 17.6. The van der Waals surface area contributed by atoms with E-state index >= 15 is 0 Å². The van der Waals surface area contributed by atoms with Crippen LogP contribution < -0.4 is 18.9 Å². The molecule has 0 bridgehead atoms. The van der Waals surface area contributed by atoms with Crippen molar-refractivity contribution < 1.29 is 47.6 Å². The fraction of sp³-hybridized carbons (Fsp3) is 0.407. The normalized spacial score (nSPS) is 15.7. The Bertz CT molecular complexity index is 1190. The Labute approximate surface area is 214 Å². The van der Waals surface area contributed by atoms with Crippen molar-refractivity contribution in [3.63, 3.8) is 0 Å². The van der Waals surface area contributed by atoms with E-state index in [0.717, 1.165) is 5.56 Å². The summed E-state index contributed by atoms with van der Waals surface area (Å²) in [5.74, 6) is -1.08. The lowest BCUT2D eigenvalue weighted by atomic mass is 9.90. The van der Waals surface area contributed by atoms with Crippen molar-refractivity contribution in [1.29, 1.82) is 0 Å². The van der Waals surface area contributed by atoms with Crippen molar-refractivity contribution in [2.75, 3.05) is 20.3 Å². The Morgan fingerprint density at radius 3 is 2.11 bits per heavy atom. The van der Waals surface area contributed by atoms with E-state index in [1.54, 1.807) is 24.3 Å². The summed E-state index contributed by atoms with van der Waals surface area (Å²) >= 11 is 0. The number of hydrogen-bond acceptors (Lipinski definition) is 10. The van der Waals surface area contributed by atoms with Crippen LogP contribution in [-0.4, -0.2) is 44.2 Å². The number of methoxy groups -OCH3 is 1. The van der Waals surface area contributed by atoms with Crippen LogP contribution in [0.1, 0.15) is 62.8 Å². The molecule has 3 rings (SSSR count). The van der Waals surface area contributed by atoms with Gasteiger partial charge in [0.25, 0.3) is 0 Å². The van der Waals surface area contributed by atoms with Crippen molar-refractivity contribution in [1.82, 2.24) is 0 Å². The number of carbonyl (C=O) groups is 4. The van der Waals surface area contributed by atoms with Crippen LogP contribution in [0, 0.1) is 0 Å². The zero-order valence-corrected chi connectivity index (χ0v) is 21.5. The zero-order chi connectivity index (χ0) is 27.1. The molecule has 0 saturated heterocycles. The first-order valence-corrected chi connectivity index (χ1v) is 11.7. The summed E-state index contributed by atoms with van der Waals surface area (Å²) in [6.07, 6.45) is 0.483. The summed E-state index contributed by atoms with van der Waals surface area (Å²) in [7, 11) is 1.45. The average molecular weight is 515 g/mol. The van der Waals surface area contributed by atoms with Crippen LogP contribution in [0.4, 0.5) is 0 Å². The summed E-state index contributed by atoms with van der Waals surface area (Å²) in [4.78, 5) is 46.0. The Kier molecular flexibility index (Phi) is 9.10. The molecule has 2 unspecified atom stereocenters. The van der Waals surface area contributed by atoms with E-state index in [1.807, 2.05) is 6.07 Å². The standard InChI is InChI=1S/C27H30O10/c1-15(28)33-10-6-7-19-11-21-22(14-34-16(2)29)26(37-27(21)25(12-19)36-18(4)31)20-8-9-23(35-17(3)30)24(13-20)32-5/h8-9,11-13,22,26H,6-7,10,14H2,1-5H3. The predicted octanol–water partition coefficient (Wildman–Crippen LogP) is 3.82. The molecule has 37 heavy (non-hydrogen) atoms. The number of benzene rings is 2. The molecule has 198 valence electrons. The summed E-state index contributed by atoms with van der Waals surface area (Å²) < 4.78 is 32.8. The molecule has 0 aliphatic carbocycles. The molecule has 0 amide bonds. The van der Waals surface area contributed by atoms with Gasteiger partial charge < -0.3 is 28.4 Å². The average Bonchev–Trinajstić information content (AvgIpc) is 3.18. The van der Waals surface area contributed by atoms with E-state index in [-0.39, 0.29) is 30.7 Å². The van der Waals surface area contributed by atoms with Crippen LogP contribution in [0.3, 0.4) is 0 Å². The maximum atomic E-state index is 11.9. The molecule has 2 aromatic carbocycles. The van der Waals surface area contributed by atoms with Crippen LogP contribution in [0.25, 0.3) is 0 Å². The van der Waals surface area contributed by atoms with Crippen molar-refractivity contribution in [3.8, 4) is 23.0 Å². The number of ether oxygens (including phenoxy) is 6. The van der Waals surface area contributed by atoms with E-state index in [1.165, 1.54) is 34.8 Å². The number of esters is 4. The van der Waals surface area contributed by atoms with Crippen LogP contribution in [-0.2, 0) is 35.1 Å². The lowest BCUT2D eigenvalue weighted by Gasteiger charge is -2.20. The number of carbonyl (C=O) groups excluding carboxylic acids is 4. The molecule has 10 heteroatoms. The summed E-state index contributed by atoms with van der Waals surface area (Å²) in [6, 6.07) is 8.63. The Hall–Kier alpha value is -4.08. The second kappa shape index (κ2) is 12.2. The highest BCUT2D eigenvalue weighted by Crippen LogP contribution is 2.52. The Balaban J connectivity index is 2.01. The molecule has 2 atom stereocenters. The quantitative estimate of drug-likeness (QED) is 0.263. The molecule has 1 aliphatic heterocycles. The second-order valence-corrected chi connectivity index (χ2v) is 8.50. The van der Waals surface area contributed by atoms with Gasteiger partial charge in [0.2, 0.25) is 0 Å².